The number of thioether (sulfide) groups is 2. The van der Waals surface area contributed by atoms with Crippen LogP contribution >= 0.6 is 23.5 Å². The van der Waals surface area contributed by atoms with Gasteiger partial charge in [0.15, 0.2) is 21.3 Å². The fraction of sp³-hybridized carbons (Fsp3) is 0.600. The maximum Gasteiger partial charge on any atom is 0.261 e. The van der Waals surface area contributed by atoms with Gasteiger partial charge in [0.05, 0.1) is 24.3 Å². The van der Waals surface area contributed by atoms with E-state index in [0.717, 1.165) is 0 Å². The van der Waals surface area contributed by atoms with E-state index in [1.807, 2.05) is 0 Å². The maximum absolute atomic E-state index is 14.1. The number of rotatable bonds is 2. The topological polar surface area (TPSA) is 115 Å². The lowest BCUT2D eigenvalue weighted by Crippen LogP contribution is -2.74. The van der Waals surface area contributed by atoms with Gasteiger partial charge in [-0.3, -0.25) is 19.2 Å². The van der Waals surface area contributed by atoms with Crippen molar-refractivity contribution in [3.05, 3.63) is 24.3 Å². The zero-order valence-electron chi connectivity index (χ0n) is 16.4. The van der Waals surface area contributed by atoms with E-state index < -0.39 is 45.9 Å². The number of aliphatic hydroxyl groups is 2. The second kappa shape index (κ2) is 6.44. The molecule has 3 aliphatic heterocycles. The fourth-order valence-electron chi connectivity index (χ4n) is 5.95. The molecule has 3 fully saturated rings. The molecule has 0 radical (unpaired) electrons. The largest absolute Gasteiger partial charge is 0.387 e. The van der Waals surface area contributed by atoms with Gasteiger partial charge >= 0.3 is 0 Å². The smallest absolute Gasteiger partial charge is 0.261 e. The highest BCUT2D eigenvalue weighted by Gasteiger charge is 2.74. The highest BCUT2D eigenvalue weighted by molar-refractivity contribution is 8.01. The second-order valence-electron chi connectivity index (χ2n) is 8.43. The summed E-state index contributed by atoms with van der Waals surface area (Å²) in [5.74, 6) is -2.52. The first kappa shape index (κ1) is 20.3. The third-order valence-electron chi connectivity index (χ3n) is 7.32. The van der Waals surface area contributed by atoms with Gasteiger partial charge in [-0.05, 0) is 24.7 Å². The van der Waals surface area contributed by atoms with Gasteiger partial charge in [0.25, 0.3) is 11.8 Å². The zero-order valence-corrected chi connectivity index (χ0v) is 18.1. The first-order chi connectivity index (χ1) is 14.2. The van der Waals surface area contributed by atoms with Crippen LogP contribution in [0, 0.1) is 11.8 Å². The Balaban J connectivity index is 1.70. The first-order valence-corrected chi connectivity index (χ1v) is 12.3. The van der Waals surface area contributed by atoms with Crippen molar-refractivity contribution >= 4 is 46.9 Å². The van der Waals surface area contributed by atoms with Crippen LogP contribution in [0.15, 0.2) is 24.3 Å². The number of amides is 2. The lowest BCUT2D eigenvalue weighted by molar-refractivity contribution is -0.168. The molecule has 5 rings (SSSR count). The predicted octanol–water partition coefficient (Wildman–Crippen LogP) is -0.448. The predicted molar refractivity (Wildman–Crippen MR) is 110 cm³/mol. The third-order valence-corrected chi connectivity index (χ3v) is 9.75. The molecular weight excluding hydrogens is 428 g/mol. The first-order valence-electron chi connectivity index (χ1n) is 9.81. The second-order valence-corrected chi connectivity index (χ2v) is 10.6. The summed E-state index contributed by atoms with van der Waals surface area (Å²) < 4.78 is 0. The molecule has 5 aliphatic rings. The van der Waals surface area contributed by atoms with E-state index in [1.54, 1.807) is 12.5 Å². The van der Waals surface area contributed by atoms with Gasteiger partial charge in [-0.2, -0.15) is 0 Å². The van der Waals surface area contributed by atoms with Gasteiger partial charge in [0.1, 0.15) is 0 Å². The molecule has 0 aromatic heterocycles. The van der Waals surface area contributed by atoms with Crippen LogP contribution in [0.3, 0.4) is 0 Å². The Morgan fingerprint density at radius 3 is 1.50 bits per heavy atom. The Labute approximate surface area is 181 Å². The summed E-state index contributed by atoms with van der Waals surface area (Å²) in [4.78, 5) is 53.4. The lowest BCUT2D eigenvalue weighted by Gasteiger charge is -2.54. The molecule has 2 aliphatic carbocycles. The van der Waals surface area contributed by atoms with Gasteiger partial charge < -0.3 is 20.0 Å². The molecule has 2 N–H and O–H groups in total. The van der Waals surface area contributed by atoms with E-state index in [4.69, 9.17) is 0 Å². The van der Waals surface area contributed by atoms with Gasteiger partial charge in [-0.25, -0.2) is 0 Å². The summed E-state index contributed by atoms with van der Waals surface area (Å²) in [6.07, 6.45) is 6.91. The molecular formula is C20H22N2O6S2. The van der Waals surface area contributed by atoms with Crippen LogP contribution < -0.4 is 0 Å². The number of ketones is 2. The Morgan fingerprint density at radius 1 is 0.800 bits per heavy atom. The van der Waals surface area contributed by atoms with Crippen LogP contribution in [0.4, 0.5) is 0 Å². The quantitative estimate of drug-likeness (QED) is 0.582. The van der Waals surface area contributed by atoms with E-state index in [-0.39, 0.29) is 36.2 Å². The highest BCUT2D eigenvalue weighted by atomic mass is 32.2. The number of hydrogen-bond donors (Lipinski definition) is 2. The van der Waals surface area contributed by atoms with Crippen molar-refractivity contribution in [2.75, 3.05) is 12.5 Å². The molecule has 8 nitrogen and oxygen atoms in total. The minimum atomic E-state index is -1.35. The van der Waals surface area contributed by atoms with Crippen molar-refractivity contribution in [3.8, 4) is 0 Å². The number of piperazine rings is 1. The molecule has 0 bridgehead atoms. The number of allylic oxidation sites excluding steroid dienone is 2. The molecule has 0 spiro atoms. The molecule has 0 unspecified atom stereocenters. The minimum Gasteiger partial charge on any atom is -0.387 e. The molecule has 30 heavy (non-hydrogen) atoms. The van der Waals surface area contributed by atoms with Crippen molar-refractivity contribution in [1.82, 2.24) is 9.80 Å². The number of nitrogens with zero attached hydrogens (tertiary/aromatic N) is 2. The van der Waals surface area contributed by atoms with Gasteiger partial charge in [-0.15, -0.1) is 23.5 Å². The van der Waals surface area contributed by atoms with E-state index in [2.05, 4.69) is 0 Å². The molecule has 10 heteroatoms. The van der Waals surface area contributed by atoms with Crippen molar-refractivity contribution in [2.45, 2.75) is 46.9 Å². The van der Waals surface area contributed by atoms with Crippen molar-refractivity contribution in [2.24, 2.45) is 11.8 Å². The van der Waals surface area contributed by atoms with E-state index in [1.165, 1.54) is 57.6 Å². The van der Waals surface area contributed by atoms with Crippen LogP contribution in [0.5, 0.6) is 0 Å². The van der Waals surface area contributed by atoms with Crippen molar-refractivity contribution in [1.29, 1.82) is 0 Å². The van der Waals surface area contributed by atoms with Crippen LogP contribution in [-0.2, 0) is 19.2 Å². The summed E-state index contributed by atoms with van der Waals surface area (Å²) in [5, 5.41) is 21.3. The Morgan fingerprint density at radius 2 is 1.17 bits per heavy atom. The number of carbonyl (C=O) groups excluding carboxylic acids is 4. The molecule has 3 saturated heterocycles. The SMILES string of the molecule is CS[C@]12C[C@H]3C(=O)C=C[C@@H](O)[C@@H]3N1C(=O)[C@@]1(SC)C[C@H]3C(=O)C=C[C@H](O)[C@@H]3N1C2=O. The minimum absolute atomic E-state index is 0.0991. The third kappa shape index (κ3) is 2.18. The van der Waals surface area contributed by atoms with E-state index >= 15 is 0 Å². The monoisotopic (exact) mass is 450 g/mol. The molecule has 160 valence electrons. The molecule has 3 heterocycles. The highest BCUT2D eigenvalue weighted by Crippen LogP contribution is 2.59. The lowest BCUT2D eigenvalue weighted by atomic mass is 9.85. The normalized spacial score (nSPS) is 46.8. The molecule has 2 amide bonds. The van der Waals surface area contributed by atoms with Gasteiger partial charge in [-0.1, -0.05) is 12.2 Å². The van der Waals surface area contributed by atoms with Gasteiger partial charge in [0.2, 0.25) is 0 Å². The van der Waals surface area contributed by atoms with Crippen LogP contribution in [0.2, 0.25) is 0 Å². The molecule has 0 aromatic carbocycles. The summed E-state index contributed by atoms with van der Waals surface area (Å²) in [6.45, 7) is 0. The molecule has 0 aromatic rings. The summed E-state index contributed by atoms with van der Waals surface area (Å²) in [5.41, 5.74) is 0. The van der Waals surface area contributed by atoms with Crippen LogP contribution in [0.25, 0.3) is 0 Å². The standard InChI is InChI=1S/C20H22N2O6S2/c1-29-19-7-9-11(23)3-5-13(25)15(9)21(19)18(28)20(30-2)8-10-12(24)4-6-14(26)16(10)22(20)17(19)27/h3-6,9-10,13-16,25-26H,7-8H2,1-2H3/t9-,10-,13-,14+,15+,16+,19-,20-/m0/s1. The average Bonchev–Trinajstić information content (AvgIpc) is 3.29. The summed E-state index contributed by atoms with van der Waals surface area (Å²) in [7, 11) is 0. The van der Waals surface area contributed by atoms with Crippen molar-refractivity contribution < 1.29 is 29.4 Å². The number of aliphatic hydroxyl groups excluding tert-OH is 2. The van der Waals surface area contributed by atoms with Crippen molar-refractivity contribution in [3.63, 3.8) is 0 Å². The van der Waals surface area contributed by atoms with Crippen LogP contribution in [0.1, 0.15) is 12.8 Å². The van der Waals surface area contributed by atoms with E-state index in [9.17, 15) is 29.4 Å². The number of carbonyl (C=O) groups is 4. The summed E-state index contributed by atoms with van der Waals surface area (Å²) >= 11 is 2.35. The Kier molecular flexibility index (Phi) is 4.36. The summed E-state index contributed by atoms with van der Waals surface area (Å²) in [6, 6.07) is -1.64. The zero-order chi connectivity index (χ0) is 21.6. The Bertz CT molecular complexity index is 862. The Hall–Kier alpha value is -1.62. The fourth-order valence-corrected chi connectivity index (χ4v) is 7.99. The van der Waals surface area contributed by atoms with Gasteiger partial charge in [0, 0.05) is 24.7 Å². The molecule has 8 atom stereocenters. The maximum atomic E-state index is 14.1. The average molecular weight is 451 g/mol. The van der Waals surface area contributed by atoms with Crippen LogP contribution in [-0.4, -0.2) is 89.9 Å². The van der Waals surface area contributed by atoms with E-state index in [0.29, 0.717) is 0 Å². The number of hydrogen-bond acceptors (Lipinski definition) is 8. The number of fused-ring (bicyclic) bond motifs is 6. The molecule has 0 saturated carbocycles.